The minimum Gasteiger partial charge on any atom is -0.494 e. The molecule has 31 heavy (non-hydrogen) atoms. The Hall–Kier alpha value is -3.25. The van der Waals surface area contributed by atoms with Gasteiger partial charge >= 0.3 is 0 Å². The third-order valence-electron chi connectivity index (χ3n) is 5.21. The number of nitrogens with zero attached hydrogens (tertiary/aromatic N) is 3. The molecule has 4 rings (SSSR count). The molecule has 1 saturated heterocycles. The molecular formula is C24H25ClN4O2. The predicted molar refractivity (Wildman–Crippen MR) is 125 cm³/mol. The van der Waals surface area contributed by atoms with Crippen LogP contribution in [0.15, 0.2) is 66.9 Å². The molecule has 1 amide bonds. The molecule has 0 saturated carbocycles. The van der Waals surface area contributed by atoms with Crippen LogP contribution in [0.3, 0.4) is 0 Å². The number of carbonyl (C=O) groups excluding carboxylic acids is 1. The molecule has 1 aliphatic rings. The van der Waals surface area contributed by atoms with E-state index >= 15 is 0 Å². The van der Waals surface area contributed by atoms with Crippen LogP contribution in [0.5, 0.6) is 5.75 Å². The molecule has 0 unspecified atom stereocenters. The average Bonchev–Trinajstić information content (AvgIpc) is 2.81. The second-order valence-electron chi connectivity index (χ2n) is 7.24. The normalized spacial score (nSPS) is 13.7. The van der Waals surface area contributed by atoms with Gasteiger partial charge in [-0.25, -0.2) is 4.98 Å². The number of pyridine rings is 1. The topological polar surface area (TPSA) is 57.7 Å². The minimum atomic E-state index is -0.0210. The van der Waals surface area contributed by atoms with E-state index in [1.165, 1.54) is 0 Å². The second kappa shape index (κ2) is 9.71. The zero-order valence-corrected chi connectivity index (χ0v) is 18.2. The number of hydrogen-bond acceptors (Lipinski definition) is 5. The number of piperazine rings is 1. The maximum Gasteiger partial charge on any atom is 0.257 e. The highest BCUT2D eigenvalue weighted by atomic mass is 35.5. The van der Waals surface area contributed by atoms with Crippen LogP contribution in [0.25, 0.3) is 0 Å². The van der Waals surface area contributed by atoms with Crippen molar-refractivity contribution in [3.8, 4) is 5.75 Å². The molecule has 0 spiro atoms. The average molecular weight is 437 g/mol. The number of amides is 1. The lowest BCUT2D eigenvalue weighted by Gasteiger charge is -2.36. The fraction of sp³-hybridized carbons (Fsp3) is 0.250. The maximum atomic E-state index is 13.2. The van der Waals surface area contributed by atoms with E-state index in [0.717, 1.165) is 35.2 Å². The number of rotatable bonds is 6. The summed E-state index contributed by atoms with van der Waals surface area (Å²) in [7, 11) is 0. The standard InChI is InChI=1S/C24H25ClN4O2/c1-2-31-21-10-8-19(9-11-21)27-23-22(7-4-12-26-23)24(30)29-15-13-28(14-16-29)20-6-3-5-18(25)17-20/h3-12,17H,2,13-16H2,1H3,(H,26,27). The predicted octanol–water partition coefficient (Wildman–Crippen LogP) is 4.84. The Morgan fingerprint density at radius 1 is 1.06 bits per heavy atom. The van der Waals surface area contributed by atoms with Crippen molar-refractivity contribution >= 4 is 34.7 Å². The number of anilines is 3. The van der Waals surface area contributed by atoms with Crippen molar-refractivity contribution in [2.75, 3.05) is 43.0 Å². The molecule has 3 aromatic rings. The lowest BCUT2D eigenvalue weighted by atomic mass is 10.2. The molecule has 0 atom stereocenters. The lowest BCUT2D eigenvalue weighted by molar-refractivity contribution is 0.0747. The molecule has 1 N–H and O–H groups in total. The first-order chi connectivity index (χ1) is 15.1. The van der Waals surface area contributed by atoms with Crippen LogP contribution in [-0.2, 0) is 0 Å². The van der Waals surface area contributed by atoms with Gasteiger partial charge < -0.3 is 19.9 Å². The number of halogens is 1. The Morgan fingerprint density at radius 2 is 1.84 bits per heavy atom. The quantitative estimate of drug-likeness (QED) is 0.599. The van der Waals surface area contributed by atoms with Gasteiger partial charge in [0, 0.05) is 48.8 Å². The summed E-state index contributed by atoms with van der Waals surface area (Å²) in [5, 5.41) is 3.98. The molecule has 1 aromatic heterocycles. The van der Waals surface area contributed by atoms with Crippen LogP contribution < -0.4 is 15.0 Å². The number of hydrogen-bond donors (Lipinski definition) is 1. The van der Waals surface area contributed by atoms with E-state index in [0.29, 0.717) is 31.1 Å². The number of benzene rings is 2. The van der Waals surface area contributed by atoms with Gasteiger partial charge in [-0.3, -0.25) is 4.79 Å². The van der Waals surface area contributed by atoms with E-state index in [1.807, 2.05) is 66.4 Å². The Kier molecular flexibility index (Phi) is 6.57. The molecule has 160 valence electrons. The van der Waals surface area contributed by atoms with E-state index in [1.54, 1.807) is 12.3 Å². The summed E-state index contributed by atoms with van der Waals surface area (Å²) in [4.78, 5) is 21.8. The zero-order chi connectivity index (χ0) is 21.6. The van der Waals surface area contributed by atoms with Crippen molar-refractivity contribution in [3.05, 3.63) is 77.4 Å². The molecule has 0 radical (unpaired) electrons. The van der Waals surface area contributed by atoms with E-state index in [4.69, 9.17) is 16.3 Å². The van der Waals surface area contributed by atoms with E-state index in [-0.39, 0.29) is 5.91 Å². The Morgan fingerprint density at radius 3 is 2.55 bits per heavy atom. The Labute approximate surface area is 187 Å². The molecule has 2 aromatic carbocycles. The van der Waals surface area contributed by atoms with Crippen molar-refractivity contribution in [2.24, 2.45) is 0 Å². The summed E-state index contributed by atoms with van der Waals surface area (Å²) in [6.45, 7) is 5.37. The summed E-state index contributed by atoms with van der Waals surface area (Å²) in [5.41, 5.74) is 2.49. The summed E-state index contributed by atoms with van der Waals surface area (Å²) in [6.07, 6.45) is 1.69. The van der Waals surface area contributed by atoms with Crippen molar-refractivity contribution in [1.29, 1.82) is 0 Å². The van der Waals surface area contributed by atoms with Crippen molar-refractivity contribution in [2.45, 2.75) is 6.92 Å². The van der Waals surface area contributed by atoms with Gasteiger partial charge in [0.25, 0.3) is 5.91 Å². The Balaban J connectivity index is 1.43. The molecule has 6 nitrogen and oxygen atoms in total. The van der Waals surface area contributed by atoms with Crippen LogP contribution in [0, 0.1) is 0 Å². The number of nitrogens with one attached hydrogen (secondary N) is 1. The molecule has 2 heterocycles. The first kappa shape index (κ1) is 21.0. The van der Waals surface area contributed by atoms with Crippen LogP contribution in [0.4, 0.5) is 17.2 Å². The summed E-state index contributed by atoms with van der Waals surface area (Å²) < 4.78 is 5.48. The zero-order valence-electron chi connectivity index (χ0n) is 17.4. The first-order valence-corrected chi connectivity index (χ1v) is 10.8. The number of ether oxygens (including phenoxy) is 1. The Bertz CT molecular complexity index is 1030. The number of aromatic nitrogens is 1. The molecule has 7 heteroatoms. The summed E-state index contributed by atoms with van der Waals surface area (Å²) >= 11 is 6.12. The minimum absolute atomic E-state index is 0.0210. The first-order valence-electron chi connectivity index (χ1n) is 10.4. The van der Waals surface area contributed by atoms with Gasteiger partial charge in [-0.1, -0.05) is 17.7 Å². The number of carbonyl (C=O) groups is 1. The third kappa shape index (κ3) is 5.09. The molecular weight excluding hydrogens is 412 g/mol. The van der Waals surface area contributed by atoms with Gasteiger partial charge in [0.2, 0.25) is 0 Å². The molecule has 1 fully saturated rings. The fourth-order valence-corrected chi connectivity index (χ4v) is 3.81. The van der Waals surface area contributed by atoms with Gasteiger partial charge in [-0.2, -0.15) is 0 Å². The molecule has 1 aliphatic heterocycles. The van der Waals surface area contributed by atoms with Gasteiger partial charge in [0.05, 0.1) is 12.2 Å². The van der Waals surface area contributed by atoms with Crippen LogP contribution >= 0.6 is 11.6 Å². The highest BCUT2D eigenvalue weighted by Gasteiger charge is 2.24. The lowest BCUT2D eigenvalue weighted by Crippen LogP contribution is -2.48. The van der Waals surface area contributed by atoms with E-state index in [2.05, 4.69) is 15.2 Å². The third-order valence-corrected chi connectivity index (χ3v) is 5.44. The smallest absolute Gasteiger partial charge is 0.257 e. The van der Waals surface area contributed by atoms with Crippen LogP contribution in [0.1, 0.15) is 17.3 Å². The van der Waals surface area contributed by atoms with Gasteiger partial charge in [0.1, 0.15) is 11.6 Å². The highest BCUT2D eigenvalue weighted by Crippen LogP contribution is 2.24. The van der Waals surface area contributed by atoms with Crippen molar-refractivity contribution < 1.29 is 9.53 Å². The molecule has 0 bridgehead atoms. The fourth-order valence-electron chi connectivity index (χ4n) is 3.63. The van der Waals surface area contributed by atoms with Gasteiger partial charge in [-0.15, -0.1) is 0 Å². The van der Waals surface area contributed by atoms with E-state index in [9.17, 15) is 4.79 Å². The summed E-state index contributed by atoms with van der Waals surface area (Å²) in [6, 6.07) is 19.0. The highest BCUT2D eigenvalue weighted by molar-refractivity contribution is 6.30. The van der Waals surface area contributed by atoms with Crippen molar-refractivity contribution in [3.63, 3.8) is 0 Å². The van der Waals surface area contributed by atoms with Crippen molar-refractivity contribution in [1.82, 2.24) is 9.88 Å². The second-order valence-corrected chi connectivity index (χ2v) is 7.68. The largest absolute Gasteiger partial charge is 0.494 e. The van der Waals surface area contributed by atoms with Crippen LogP contribution in [0.2, 0.25) is 5.02 Å². The van der Waals surface area contributed by atoms with Gasteiger partial charge in [0.15, 0.2) is 0 Å². The maximum absolute atomic E-state index is 13.2. The monoisotopic (exact) mass is 436 g/mol. The SMILES string of the molecule is CCOc1ccc(Nc2ncccc2C(=O)N2CCN(c3cccc(Cl)c3)CC2)cc1. The van der Waals surface area contributed by atoms with Crippen LogP contribution in [-0.4, -0.2) is 48.6 Å². The van der Waals surface area contributed by atoms with Gasteiger partial charge in [-0.05, 0) is 61.5 Å². The summed E-state index contributed by atoms with van der Waals surface area (Å²) in [5.74, 6) is 1.34. The van der Waals surface area contributed by atoms with E-state index < -0.39 is 0 Å². The molecule has 0 aliphatic carbocycles.